The number of carbonyl (C=O) groups is 1. The fourth-order valence-corrected chi connectivity index (χ4v) is 3.98. The second-order valence-electron chi connectivity index (χ2n) is 6.28. The van der Waals surface area contributed by atoms with Crippen molar-refractivity contribution in [3.8, 4) is 5.75 Å². The van der Waals surface area contributed by atoms with Crippen LogP contribution in [0.4, 0.5) is 5.13 Å². The van der Waals surface area contributed by atoms with E-state index in [1.165, 1.54) is 22.7 Å². The number of amides is 1. The molecule has 2 heterocycles. The van der Waals surface area contributed by atoms with Gasteiger partial charge in [-0.25, -0.2) is 4.98 Å². The zero-order chi connectivity index (χ0) is 19.6. The highest BCUT2D eigenvalue weighted by atomic mass is 35.5. The van der Waals surface area contributed by atoms with E-state index in [0.29, 0.717) is 26.5 Å². The molecule has 27 heavy (non-hydrogen) atoms. The first-order valence-corrected chi connectivity index (χ1v) is 10.3. The molecule has 0 radical (unpaired) electrons. The van der Waals surface area contributed by atoms with Crippen molar-refractivity contribution < 1.29 is 9.53 Å². The molecule has 0 bridgehead atoms. The molecular formula is C18H19ClN4O2S2. The summed E-state index contributed by atoms with van der Waals surface area (Å²) >= 11 is 8.71. The van der Waals surface area contributed by atoms with E-state index < -0.39 is 0 Å². The van der Waals surface area contributed by atoms with Crippen molar-refractivity contribution in [2.75, 3.05) is 5.32 Å². The number of thiazole rings is 1. The zero-order valence-corrected chi connectivity index (χ0v) is 17.8. The maximum atomic E-state index is 12.5. The lowest BCUT2D eigenvalue weighted by Gasteiger charge is -2.05. The number of benzene rings is 1. The topological polar surface area (TPSA) is 77.0 Å². The normalized spacial score (nSPS) is 11.0. The lowest BCUT2D eigenvalue weighted by Crippen LogP contribution is -2.11. The summed E-state index contributed by atoms with van der Waals surface area (Å²) in [5, 5.41) is 13.7. The Morgan fingerprint density at radius 3 is 2.70 bits per heavy atom. The van der Waals surface area contributed by atoms with Gasteiger partial charge in [0, 0.05) is 10.9 Å². The monoisotopic (exact) mass is 422 g/mol. The average Bonchev–Trinajstić information content (AvgIpc) is 3.22. The van der Waals surface area contributed by atoms with E-state index >= 15 is 0 Å². The number of aromatic nitrogens is 3. The summed E-state index contributed by atoms with van der Waals surface area (Å²) in [6, 6.07) is 5.48. The van der Waals surface area contributed by atoms with Gasteiger partial charge in [0.1, 0.15) is 27.2 Å². The van der Waals surface area contributed by atoms with Gasteiger partial charge >= 0.3 is 0 Å². The predicted octanol–water partition coefficient (Wildman–Crippen LogP) is 5.22. The quantitative estimate of drug-likeness (QED) is 0.589. The maximum absolute atomic E-state index is 12.5. The number of anilines is 1. The summed E-state index contributed by atoms with van der Waals surface area (Å²) in [6.45, 7) is 8.09. The van der Waals surface area contributed by atoms with Crippen molar-refractivity contribution in [1.29, 1.82) is 0 Å². The van der Waals surface area contributed by atoms with E-state index in [2.05, 4.69) is 20.5 Å². The molecule has 1 aromatic carbocycles. The molecule has 0 spiro atoms. The van der Waals surface area contributed by atoms with Crippen LogP contribution in [0.15, 0.2) is 18.2 Å². The first-order valence-electron chi connectivity index (χ1n) is 8.33. The molecular weight excluding hydrogens is 404 g/mol. The van der Waals surface area contributed by atoms with Crippen molar-refractivity contribution in [1.82, 2.24) is 15.2 Å². The average molecular weight is 423 g/mol. The van der Waals surface area contributed by atoms with Crippen LogP contribution in [0.3, 0.4) is 0 Å². The highest BCUT2D eigenvalue weighted by Crippen LogP contribution is 2.26. The molecule has 3 rings (SSSR count). The second-order valence-corrected chi connectivity index (χ2v) is 8.78. The van der Waals surface area contributed by atoms with Gasteiger partial charge in [0.05, 0.1) is 5.69 Å². The maximum Gasteiger partial charge on any atom is 0.269 e. The number of aryl methyl sites for hydroxylation is 2. The van der Waals surface area contributed by atoms with Gasteiger partial charge in [0.25, 0.3) is 5.91 Å². The molecule has 0 atom stereocenters. The summed E-state index contributed by atoms with van der Waals surface area (Å²) < 4.78 is 5.76. The Balaban J connectivity index is 1.65. The largest absolute Gasteiger partial charge is 0.486 e. The Hall–Kier alpha value is -2.03. The van der Waals surface area contributed by atoms with Crippen LogP contribution >= 0.6 is 34.3 Å². The predicted molar refractivity (Wildman–Crippen MR) is 109 cm³/mol. The van der Waals surface area contributed by atoms with E-state index in [4.69, 9.17) is 16.3 Å². The fourth-order valence-electron chi connectivity index (χ4n) is 2.25. The number of nitrogens with zero attached hydrogens (tertiary/aromatic N) is 3. The minimum atomic E-state index is -0.231. The Kier molecular flexibility index (Phi) is 6.08. The molecule has 0 saturated carbocycles. The molecule has 3 aromatic rings. The number of rotatable bonds is 6. The zero-order valence-electron chi connectivity index (χ0n) is 15.4. The molecule has 2 aromatic heterocycles. The molecule has 0 aliphatic heterocycles. The number of nitrogens with one attached hydrogen (secondary N) is 1. The van der Waals surface area contributed by atoms with Crippen molar-refractivity contribution in [2.45, 2.75) is 40.2 Å². The molecule has 0 aliphatic carbocycles. The van der Waals surface area contributed by atoms with Crippen LogP contribution < -0.4 is 10.1 Å². The molecule has 1 amide bonds. The molecule has 0 aliphatic rings. The highest BCUT2D eigenvalue weighted by Gasteiger charge is 2.18. The number of carbonyl (C=O) groups excluding carboxylic acids is 1. The van der Waals surface area contributed by atoms with E-state index in [0.717, 1.165) is 15.6 Å². The van der Waals surface area contributed by atoms with Gasteiger partial charge < -0.3 is 4.74 Å². The minimum Gasteiger partial charge on any atom is -0.486 e. The third-order valence-corrected chi connectivity index (χ3v) is 6.39. The smallest absolute Gasteiger partial charge is 0.269 e. The van der Waals surface area contributed by atoms with E-state index in [9.17, 15) is 4.79 Å². The second kappa shape index (κ2) is 8.33. The lowest BCUT2D eigenvalue weighted by atomic mass is 10.2. The van der Waals surface area contributed by atoms with Crippen LogP contribution in [-0.4, -0.2) is 21.1 Å². The molecule has 142 valence electrons. The van der Waals surface area contributed by atoms with E-state index in [1.807, 2.05) is 32.9 Å². The molecule has 0 fully saturated rings. The van der Waals surface area contributed by atoms with Gasteiger partial charge in [0.2, 0.25) is 5.13 Å². The molecule has 0 unspecified atom stereocenters. The van der Waals surface area contributed by atoms with Crippen LogP contribution in [0, 0.1) is 13.8 Å². The SMILES string of the molecule is Cc1cc(OCc2nc(C)c(C(=O)Nc3nnc(C(C)C)s3)s2)ccc1Cl. The Labute approximate surface area is 170 Å². The van der Waals surface area contributed by atoms with E-state index in [-0.39, 0.29) is 18.4 Å². The first-order chi connectivity index (χ1) is 12.8. The number of hydrogen-bond acceptors (Lipinski definition) is 7. The number of halogens is 1. The number of hydrogen-bond donors (Lipinski definition) is 1. The summed E-state index contributed by atoms with van der Waals surface area (Å²) in [6.07, 6.45) is 0. The molecule has 9 heteroatoms. The van der Waals surface area contributed by atoms with Crippen LogP contribution in [-0.2, 0) is 6.61 Å². The molecule has 6 nitrogen and oxygen atoms in total. The molecule has 0 saturated heterocycles. The van der Waals surface area contributed by atoms with Crippen molar-refractivity contribution in [2.24, 2.45) is 0 Å². The lowest BCUT2D eigenvalue weighted by molar-refractivity contribution is 0.102. The van der Waals surface area contributed by atoms with Crippen LogP contribution in [0.2, 0.25) is 5.02 Å². The Bertz CT molecular complexity index is 968. The van der Waals surface area contributed by atoms with Gasteiger partial charge in [-0.1, -0.05) is 36.8 Å². The van der Waals surface area contributed by atoms with Gasteiger partial charge in [-0.3, -0.25) is 10.1 Å². The summed E-state index contributed by atoms with van der Waals surface area (Å²) in [7, 11) is 0. The van der Waals surface area contributed by atoms with Crippen LogP contribution in [0.5, 0.6) is 5.75 Å². The van der Waals surface area contributed by atoms with Crippen molar-refractivity contribution >= 4 is 45.3 Å². The van der Waals surface area contributed by atoms with Crippen molar-refractivity contribution in [3.05, 3.63) is 49.4 Å². The molecule has 1 N–H and O–H groups in total. The standard InChI is InChI=1S/C18H19ClN4O2S2/c1-9(2)17-22-23-18(27-17)21-16(24)15-11(4)20-14(26-15)8-25-12-5-6-13(19)10(3)7-12/h5-7,9H,8H2,1-4H3,(H,21,23,24). The van der Waals surface area contributed by atoms with Gasteiger partial charge in [-0.2, -0.15) is 0 Å². The number of ether oxygens (including phenoxy) is 1. The Morgan fingerprint density at radius 1 is 1.26 bits per heavy atom. The third-order valence-electron chi connectivity index (χ3n) is 3.69. The van der Waals surface area contributed by atoms with Crippen LogP contribution in [0.1, 0.15) is 50.7 Å². The van der Waals surface area contributed by atoms with Crippen LogP contribution in [0.25, 0.3) is 0 Å². The first kappa shape index (κ1) is 19.7. The minimum absolute atomic E-state index is 0.231. The third kappa shape index (κ3) is 4.82. The van der Waals surface area contributed by atoms with Gasteiger partial charge in [-0.15, -0.1) is 21.5 Å². The summed E-state index contributed by atoms with van der Waals surface area (Å²) in [4.78, 5) is 17.5. The Morgan fingerprint density at radius 2 is 2.04 bits per heavy atom. The summed E-state index contributed by atoms with van der Waals surface area (Å²) in [5.41, 5.74) is 1.61. The fraction of sp³-hybridized carbons (Fsp3) is 0.333. The van der Waals surface area contributed by atoms with Gasteiger partial charge in [-0.05, 0) is 37.6 Å². The van der Waals surface area contributed by atoms with Gasteiger partial charge in [0.15, 0.2) is 0 Å². The van der Waals surface area contributed by atoms with E-state index in [1.54, 1.807) is 13.0 Å². The summed E-state index contributed by atoms with van der Waals surface area (Å²) in [5.74, 6) is 0.759. The highest BCUT2D eigenvalue weighted by molar-refractivity contribution is 7.16. The van der Waals surface area contributed by atoms with Crippen molar-refractivity contribution in [3.63, 3.8) is 0 Å².